The van der Waals surface area contributed by atoms with E-state index in [2.05, 4.69) is 52.1 Å². The lowest BCUT2D eigenvalue weighted by Crippen LogP contribution is -2.50. The normalized spacial score (nSPS) is 34.8. The second-order valence-corrected chi connectivity index (χ2v) is 14.7. The Labute approximate surface area is 266 Å². The van der Waals surface area contributed by atoms with Gasteiger partial charge < -0.3 is 29.5 Å². The first kappa shape index (κ1) is 36.3. The molecule has 0 radical (unpaired) electrons. The van der Waals surface area contributed by atoms with Gasteiger partial charge in [0.25, 0.3) is 0 Å². The Hall–Kier alpha value is -2.16. The van der Waals surface area contributed by atoms with Crippen LogP contribution in [0.2, 0.25) is 0 Å². The van der Waals surface area contributed by atoms with Gasteiger partial charge in [0.15, 0.2) is 6.10 Å². The lowest BCUT2D eigenvalue weighted by Gasteiger charge is -2.35. The Bertz CT molecular complexity index is 1040. The third-order valence-electron chi connectivity index (χ3n) is 9.96. The molecule has 44 heavy (non-hydrogen) atoms. The maximum atomic E-state index is 13.0. The number of nitrogens with zero attached hydrogens (tertiary/aromatic N) is 1. The summed E-state index contributed by atoms with van der Waals surface area (Å²) in [7, 11) is 0. The second-order valence-electron chi connectivity index (χ2n) is 14.7. The quantitative estimate of drug-likeness (QED) is 0.133. The van der Waals surface area contributed by atoms with Gasteiger partial charge in [-0.15, -0.1) is 0 Å². The molecule has 0 unspecified atom stereocenters. The van der Waals surface area contributed by atoms with E-state index in [4.69, 9.17) is 14.2 Å². The van der Waals surface area contributed by atoms with Crippen molar-refractivity contribution in [2.45, 2.75) is 124 Å². The average Bonchev–Trinajstić information content (AvgIpc) is 3.73. The number of allylic oxidation sites excluding steroid dienone is 3. The number of amides is 1. The lowest BCUT2D eigenvalue weighted by molar-refractivity contribution is -0.150. The predicted molar refractivity (Wildman–Crippen MR) is 175 cm³/mol. The highest BCUT2D eigenvalue weighted by Gasteiger charge is 2.46. The van der Waals surface area contributed by atoms with Gasteiger partial charge in [0.2, 0.25) is 0 Å². The number of rotatable bonds is 9. The molecule has 2 fully saturated rings. The summed E-state index contributed by atoms with van der Waals surface area (Å²) in [4.78, 5) is 27.7. The molecule has 3 heterocycles. The Balaban J connectivity index is 1.74. The molecule has 3 aliphatic rings. The number of cyclic esters (lactones) is 1. The van der Waals surface area contributed by atoms with Crippen molar-refractivity contribution in [1.82, 2.24) is 10.2 Å². The molecule has 8 nitrogen and oxygen atoms in total. The van der Waals surface area contributed by atoms with E-state index in [1.807, 2.05) is 32.9 Å². The van der Waals surface area contributed by atoms with Crippen LogP contribution in [-0.2, 0) is 19.0 Å². The molecule has 0 aromatic carbocycles. The SMILES string of the molecule is CC[C@H](C)[C@@H](C)[C@H]1O[C@@H]1CC(C)(C)/C=C/C=C(\C)[C@H]1OC(=O)C[C@H](C)CC[C@@](C)(O)[C@@H](OC(=O)N2CCNCC2)/C=C/[C@@H]1C. The van der Waals surface area contributed by atoms with Crippen molar-refractivity contribution in [3.63, 3.8) is 0 Å². The van der Waals surface area contributed by atoms with E-state index < -0.39 is 23.9 Å². The zero-order valence-corrected chi connectivity index (χ0v) is 28.8. The topological polar surface area (TPSA) is 101 Å². The van der Waals surface area contributed by atoms with Gasteiger partial charge in [0.1, 0.15) is 11.7 Å². The van der Waals surface area contributed by atoms with Crippen molar-refractivity contribution >= 4 is 12.1 Å². The van der Waals surface area contributed by atoms with Crippen LogP contribution in [0.5, 0.6) is 0 Å². The molecule has 0 aliphatic carbocycles. The number of aliphatic hydroxyl groups is 1. The summed E-state index contributed by atoms with van der Waals surface area (Å²) in [5, 5.41) is 14.7. The highest BCUT2D eigenvalue weighted by Crippen LogP contribution is 2.41. The number of nitrogens with one attached hydrogen (secondary N) is 1. The number of hydrogen-bond acceptors (Lipinski definition) is 7. The summed E-state index contributed by atoms with van der Waals surface area (Å²) < 4.78 is 18.0. The summed E-state index contributed by atoms with van der Waals surface area (Å²) >= 11 is 0. The van der Waals surface area contributed by atoms with Gasteiger partial charge in [-0.2, -0.15) is 0 Å². The number of epoxide rings is 1. The largest absolute Gasteiger partial charge is 0.457 e. The third kappa shape index (κ3) is 10.7. The fourth-order valence-corrected chi connectivity index (χ4v) is 6.27. The summed E-state index contributed by atoms with van der Waals surface area (Å²) in [6, 6.07) is 0. The van der Waals surface area contributed by atoms with Crippen molar-refractivity contribution in [3.05, 3.63) is 36.0 Å². The Morgan fingerprint density at radius 2 is 1.93 bits per heavy atom. The lowest BCUT2D eigenvalue weighted by atomic mass is 9.83. The van der Waals surface area contributed by atoms with Gasteiger partial charge in [-0.05, 0) is 67.9 Å². The highest BCUT2D eigenvalue weighted by molar-refractivity contribution is 5.70. The number of esters is 1. The smallest absolute Gasteiger partial charge is 0.410 e. The fraction of sp³-hybridized carbons (Fsp3) is 0.778. The maximum absolute atomic E-state index is 13.0. The highest BCUT2D eigenvalue weighted by atomic mass is 16.6. The number of carbonyl (C=O) groups is 2. The van der Waals surface area contributed by atoms with E-state index in [1.54, 1.807) is 17.9 Å². The zero-order valence-electron chi connectivity index (χ0n) is 28.8. The predicted octanol–water partition coefficient (Wildman–Crippen LogP) is 6.44. The minimum absolute atomic E-state index is 0.0133. The summed E-state index contributed by atoms with van der Waals surface area (Å²) in [6.45, 7) is 21.6. The molecule has 9 atom stereocenters. The molecule has 2 N–H and O–H groups in total. The van der Waals surface area contributed by atoms with Gasteiger partial charge in [0, 0.05) is 38.5 Å². The third-order valence-corrected chi connectivity index (χ3v) is 9.96. The van der Waals surface area contributed by atoms with E-state index in [0.29, 0.717) is 50.0 Å². The zero-order chi connectivity index (χ0) is 32.7. The minimum Gasteiger partial charge on any atom is -0.457 e. The van der Waals surface area contributed by atoms with Gasteiger partial charge >= 0.3 is 12.1 Å². The first-order valence-corrected chi connectivity index (χ1v) is 16.9. The van der Waals surface area contributed by atoms with Crippen molar-refractivity contribution < 1.29 is 28.9 Å². The van der Waals surface area contributed by atoms with Crippen LogP contribution in [0.1, 0.15) is 94.4 Å². The van der Waals surface area contributed by atoms with Crippen LogP contribution in [0.4, 0.5) is 4.79 Å². The van der Waals surface area contributed by atoms with E-state index in [0.717, 1.165) is 25.1 Å². The summed E-state index contributed by atoms with van der Waals surface area (Å²) in [5.41, 5.74) is -0.384. The van der Waals surface area contributed by atoms with Gasteiger partial charge in [-0.25, -0.2) is 4.79 Å². The molecule has 0 aromatic heterocycles. The molecular weight excluding hydrogens is 556 g/mol. The van der Waals surface area contributed by atoms with Crippen molar-refractivity contribution in [3.8, 4) is 0 Å². The first-order valence-electron chi connectivity index (χ1n) is 16.9. The Morgan fingerprint density at radius 3 is 2.59 bits per heavy atom. The number of ether oxygens (including phenoxy) is 3. The molecule has 3 aliphatic heterocycles. The van der Waals surface area contributed by atoms with Crippen LogP contribution in [0.25, 0.3) is 0 Å². The van der Waals surface area contributed by atoms with Crippen molar-refractivity contribution in [2.75, 3.05) is 26.2 Å². The fourth-order valence-electron chi connectivity index (χ4n) is 6.27. The molecule has 0 spiro atoms. The average molecular weight is 617 g/mol. The maximum Gasteiger partial charge on any atom is 0.410 e. The van der Waals surface area contributed by atoms with Crippen LogP contribution in [0.3, 0.4) is 0 Å². The molecular formula is C36H60N2O6. The number of hydrogen-bond donors (Lipinski definition) is 2. The van der Waals surface area contributed by atoms with E-state index >= 15 is 0 Å². The van der Waals surface area contributed by atoms with E-state index in [1.165, 1.54) is 6.42 Å². The van der Waals surface area contributed by atoms with E-state index in [-0.39, 0.29) is 29.6 Å². The molecule has 250 valence electrons. The van der Waals surface area contributed by atoms with Crippen molar-refractivity contribution in [1.29, 1.82) is 0 Å². The van der Waals surface area contributed by atoms with Crippen LogP contribution >= 0.6 is 0 Å². The molecule has 2 saturated heterocycles. The van der Waals surface area contributed by atoms with Crippen LogP contribution in [0.15, 0.2) is 36.0 Å². The minimum atomic E-state index is -1.28. The first-order chi connectivity index (χ1) is 20.6. The van der Waals surface area contributed by atoms with E-state index in [9.17, 15) is 14.7 Å². The molecule has 0 bridgehead atoms. The van der Waals surface area contributed by atoms with Crippen molar-refractivity contribution in [2.24, 2.45) is 29.1 Å². The monoisotopic (exact) mass is 616 g/mol. The molecule has 8 heteroatoms. The van der Waals surface area contributed by atoms with Crippen LogP contribution < -0.4 is 5.32 Å². The summed E-state index contributed by atoms with van der Waals surface area (Å²) in [6.07, 6.45) is 12.3. The number of piperazine rings is 1. The Kier molecular flexibility index (Phi) is 13.1. The molecule has 0 aromatic rings. The second kappa shape index (κ2) is 15.9. The van der Waals surface area contributed by atoms with Gasteiger partial charge in [-0.3, -0.25) is 4.79 Å². The molecule has 0 saturated carbocycles. The van der Waals surface area contributed by atoms with Gasteiger partial charge in [-0.1, -0.05) is 79.2 Å². The summed E-state index contributed by atoms with van der Waals surface area (Å²) in [5.74, 6) is 0.787. The van der Waals surface area contributed by atoms with Crippen LogP contribution in [-0.4, -0.2) is 78.3 Å². The standard InChI is InChI=1S/C36H60N2O6/c1-10-25(3)28(6)33-29(42-33)23-35(7,8)16-11-12-26(4)32-27(5)13-14-30(43-34(40)38-20-18-37-19-21-38)36(9,41)17-15-24(2)22-31(39)44-32/h11-14,16,24-25,27-30,32-33,37,41H,10,15,17-23H2,1-9H3/b14-13+,16-11+,26-12+/t24-,25+,27+,28-,29-,30+,32-,33-,36-/m1/s1. The molecule has 1 amide bonds. The number of carbonyl (C=O) groups excluding carboxylic acids is 2. The Morgan fingerprint density at radius 1 is 1.25 bits per heavy atom. The van der Waals surface area contributed by atoms with Gasteiger partial charge in [0.05, 0.1) is 12.2 Å². The molecule has 3 rings (SSSR count). The van der Waals surface area contributed by atoms with Crippen LogP contribution in [0, 0.1) is 29.1 Å².